The second-order valence-electron chi connectivity index (χ2n) is 7.16. The lowest BCUT2D eigenvalue weighted by molar-refractivity contribution is 0.0772. The normalized spacial score (nSPS) is 15.9. The van der Waals surface area contributed by atoms with Crippen molar-refractivity contribution in [1.29, 1.82) is 0 Å². The van der Waals surface area contributed by atoms with Gasteiger partial charge in [-0.25, -0.2) is 0 Å². The molecule has 0 radical (unpaired) electrons. The van der Waals surface area contributed by atoms with Crippen LogP contribution in [0.4, 0.5) is 0 Å². The van der Waals surface area contributed by atoms with Crippen LogP contribution in [-0.2, 0) is 6.54 Å². The Hall–Kier alpha value is -3.02. The molecule has 0 spiro atoms. The lowest BCUT2D eigenvalue weighted by atomic mass is 10.0. The predicted octanol–water partition coefficient (Wildman–Crippen LogP) is 3.31. The van der Waals surface area contributed by atoms with Gasteiger partial charge in [-0.2, -0.15) is 0 Å². The van der Waals surface area contributed by atoms with Gasteiger partial charge in [-0.1, -0.05) is 25.1 Å². The minimum absolute atomic E-state index is 0.0606. The van der Waals surface area contributed by atoms with Gasteiger partial charge in [0.1, 0.15) is 13.2 Å². The van der Waals surface area contributed by atoms with Gasteiger partial charge in [-0.15, -0.1) is 0 Å². The SMILES string of the molecule is CCCN1Cc2cccc(C(=O)N[C@H](C)c3ccc4c(c3)OCCO4)c2C1=O. The van der Waals surface area contributed by atoms with Crippen molar-refractivity contribution >= 4 is 11.8 Å². The van der Waals surface area contributed by atoms with Gasteiger partial charge in [0, 0.05) is 13.1 Å². The van der Waals surface area contributed by atoms with Crippen molar-refractivity contribution in [2.75, 3.05) is 19.8 Å². The van der Waals surface area contributed by atoms with Crippen molar-refractivity contribution < 1.29 is 19.1 Å². The van der Waals surface area contributed by atoms with Crippen LogP contribution in [0.1, 0.15) is 58.2 Å². The fraction of sp³-hybridized carbons (Fsp3) is 0.364. The van der Waals surface area contributed by atoms with Crippen molar-refractivity contribution in [3.8, 4) is 11.5 Å². The molecule has 4 rings (SSSR count). The molecule has 2 aliphatic rings. The highest BCUT2D eigenvalue weighted by Gasteiger charge is 2.31. The monoisotopic (exact) mass is 380 g/mol. The predicted molar refractivity (Wildman–Crippen MR) is 105 cm³/mol. The smallest absolute Gasteiger partial charge is 0.255 e. The highest BCUT2D eigenvalue weighted by atomic mass is 16.6. The Morgan fingerprint density at radius 3 is 2.75 bits per heavy atom. The Labute approximate surface area is 164 Å². The van der Waals surface area contributed by atoms with Crippen molar-refractivity contribution in [1.82, 2.24) is 10.2 Å². The molecular formula is C22H24N2O4. The van der Waals surface area contributed by atoms with Crippen LogP contribution >= 0.6 is 0 Å². The maximum atomic E-state index is 12.9. The molecule has 0 bridgehead atoms. The van der Waals surface area contributed by atoms with Gasteiger partial charge in [-0.3, -0.25) is 9.59 Å². The van der Waals surface area contributed by atoms with Crippen LogP contribution in [0.3, 0.4) is 0 Å². The molecule has 28 heavy (non-hydrogen) atoms. The number of hydrogen-bond acceptors (Lipinski definition) is 4. The van der Waals surface area contributed by atoms with E-state index in [-0.39, 0.29) is 17.9 Å². The maximum Gasteiger partial charge on any atom is 0.255 e. The van der Waals surface area contributed by atoms with E-state index in [0.29, 0.717) is 43.2 Å². The summed E-state index contributed by atoms with van der Waals surface area (Å²) in [5.74, 6) is 1.10. The molecule has 6 nitrogen and oxygen atoms in total. The minimum atomic E-state index is -0.245. The number of benzene rings is 2. The van der Waals surface area contributed by atoms with E-state index in [0.717, 1.165) is 23.3 Å². The molecule has 0 unspecified atom stereocenters. The summed E-state index contributed by atoms with van der Waals surface area (Å²) in [4.78, 5) is 27.5. The summed E-state index contributed by atoms with van der Waals surface area (Å²) in [7, 11) is 0. The Morgan fingerprint density at radius 2 is 1.96 bits per heavy atom. The third-order valence-corrected chi connectivity index (χ3v) is 5.17. The number of rotatable bonds is 5. The third kappa shape index (κ3) is 3.30. The van der Waals surface area contributed by atoms with E-state index in [9.17, 15) is 9.59 Å². The third-order valence-electron chi connectivity index (χ3n) is 5.17. The largest absolute Gasteiger partial charge is 0.486 e. The van der Waals surface area contributed by atoms with E-state index in [1.54, 1.807) is 11.0 Å². The number of carbonyl (C=O) groups excluding carboxylic acids is 2. The summed E-state index contributed by atoms with van der Waals surface area (Å²) >= 11 is 0. The molecule has 0 saturated heterocycles. The molecule has 2 amide bonds. The summed E-state index contributed by atoms with van der Waals surface area (Å²) in [5.41, 5.74) is 2.80. The second-order valence-corrected chi connectivity index (χ2v) is 7.16. The summed E-state index contributed by atoms with van der Waals surface area (Å²) < 4.78 is 11.2. The molecule has 0 saturated carbocycles. The standard InChI is InChI=1S/C22H24N2O4/c1-3-9-24-13-16-5-4-6-17(20(16)22(24)26)21(25)23-14(2)15-7-8-18-19(12-15)28-11-10-27-18/h4-8,12,14H,3,9-11,13H2,1-2H3,(H,23,25)/t14-/m1/s1. The highest BCUT2D eigenvalue weighted by molar-refractivity contribution is 6.09. The molecule has 2 aromatic rings. The van der Waals surface area contributed by atoms with Gasteiger partial charge in [0.15, 0.2) is 11.5 Å². The molecule has 0 aromatic heterocycles. The zero-order valence-electron chi connectivity index (χ0n) is 16.2. The summed E-state index contributed by atoms with van der Waals surface area (Å²) in [5, 5.41) is 3.01. The number of nitrogens with one attached hydrogen (secondary N) is 1. The minimum Gasteiger partial charge on any atom is -0.486 e. The summed E-state index contributed by atoms with van der Waals surface area (Å²) in [6, 6.07) is 10.9. The van der Waals surface area contributed by atoms with E-state index in [1.807, 2.05) is 44.2 Å². The van der Waals surface area contributed by atoms with Crippen LogP contribution in [0, 0.1) is 0 Å². The van der Waals surface area contributed by atoms with E-state index in [4.69, 9.17) is 9.47 Å². The molecular weight excluding hydrogens is 356 g/mol. The Morgan fingerprint density at radius 1 is 1.18 bits per heavy atom. The molecule has 2 aliphatic heterocycles. The number of carbonyl (C=O) groups is 2. The fourth-order valence-corrected chi connectivity index (χ4v) is 3.75. The van der Waals surface area contributed by atoms with Gasteiger partial charge >= 0.3 is 0 Å². The van der Waals surface area contributed by atoms with Crippen LogP contribution in [0.15, 0.2) is 36.4 Å². The summed E-state index contributed by atoms with van der Waals surface area (Å²) in [6.45, 7) is 6.28. The lowest BCUT2D eigenvalue weighted by Crippen LogP contribution is -2.30. The lowest BCUT2D eigenvalue weighted by Gasteiger charge is -2.21. The van der Waals surface area contributed by atoms with Crippen molar-refractivity contribution in [3.05, 3.63) is 58.7 Å². The average molecular weight is 380 g/mol. The highest BCUT2D eigenvalue weighted by Crippen LogP contribution is 2.33. The molecule has 2 aromatic carbocycles. The van der Waals surface area contributed by atoms with E-state index < -0.39 is 0 Å². The van der Waals surface area contributed by atoms with Crippen LogP contribution < -0.4 is 14.8 Å². The maximum absolute atomic E-state index is 12.9. The van der Waals surface area contributed by atoms with Crippen molar-refractivity contribution in [3.63, 3.8) is 0 Å². The number of fused-ring (bicyclic) bond motifs is 2. The van der Waals surface area contributed by atoms with Crippen molar-refractivity contribution in [2.45, 2.75) is 32.9 Å². The van der Waals surface area contributed by atoms with Gasteiger partial charge in [-0.05, 0) is 42.7 Å². The summed E-state index contributed by atoms with van der Waals surface area (Å²) in [6.07, 6.45) is 0.891. The average Bonchev–Trinajstić information content (AvgIpc) is 3.03. The fourth-order valence-electron chi connectivity index (χ4n) is 3.75. The van der Waals surface area contributed by atoms with Crippen LogP contribution in [0.5, 0.6) is 11.5 Å². The van der Waals surface area contributed by atoms with Gasteiger partial charge in [0.25, 0.3) is 11.8 Å². The molecule has 0 aliphatic carbocycles. The van der Waals surface area contributed by atoms with E-state index in [2.05, 4.69) is 5.32 Å². The first kappa shape index (κ1) is 18.3. The number of ether oxygens (including phenoxy) is 2. The molecule has 6 heteroatoms. The molecule has 1 atom stereocenters. The Balaban J connectivity index is 1.54. The number of nitrogens with zero attached hydrogens (tertiary/aromatic N) is 1. The first-order chi connectivity index (χ1) is 13.6. The zero-order valence-corrected chi connectivity index (χ0v) is 16.2. The number of amides is 2. The van der Waals surface area contributed by atoms with Gasteiger partial charge < -0.3 is 19.7 Å². The van der Waals surface area contributed by atoms with Crippen LogP contribution in [0.2, 0.25) is 0 Å². The van der Waals surface area contributed by atoms with Crippen molar-refractivity contribution in [2.24, 2.45) is 0 Å². The molecule has 146 valence electrons. The zero-order chi connectivity index (χ0) is 19.7. The van der Waals surface area contributed by atoms with Crippen LogP contribution in [-0.4, -0.2) is 36.5 Å². The molecule has 1 N–H and O–H groups in total. The second kappa shape index (κ2) is 7.54. The molecule has 0 fully saturated rings. The quantitative estimate of drug-likeness (QED) is 0.864. The van der Waals surface area contributed by atoms with E-state index >= 15 is 0 Å². The Kier molecular flexibility index (Phi) is 4.94. The van der Waals surface area contributed by atoms with Gasteiger partial charge in [0.05, 0.1) is 17.2 Å². The first-order valence-electron chi connectivity index (χ1n) is 9.70. The van der Waals surface area contributed by atoms with Gasteiger partial charge in [0.2, 0.25) is 0 Å². The van der Waals surface area contributed by atoms with E-state index in [1.165, 1.54) is 0 Å². The topological polar surface area (TPSA) is 67.9 Å². The van der Waals surface area contributed by atoms with Crippen LogP contribution in [0.25, 0.3) is 0 Å². The first-order valence-corrected chi connectivity index (χ1v) is 9.70. The number of hydrogen-bond donors (Lipinski definition) is 1. The Bertz CT molecular complexity index is 925. The molecule has 2 heterocycles.